The molecule has 2 aromatic carbocycles. The number of nitrogens with zero attached hydrogens (tertiary/aromatic N) is 3. The fourth-order valence-corrected chi connectivity index (χ4v) is 8.27. The largest absolute Gasteiger partial charge is 0.417 e. The molecular weight excluding hydrogens is 565 g/mol. The van der Waals surface area contributed by atoms with Crippen molar-refractivity contribution >= 4 is 53.7 Å². The van der Waals surface area contributed by atoms with Crippen LogP contribution in [0.25, 0.3) is 0 Å². The molecule has 1 heterocycles. The molecule has 0 fully saturated rings. The fourth-order valence-electron chi connectivity index (χ4n) is 3.25. The third-order valence-electron chi connectivity index (χ3n) is 4.96. The summed E-state index contributed by atoms with van der Waals surface area (Å²) in [6.07, 6.45) is -4.97. The molecule has 0 bridgehead atoms. The maximum Gasteiger partial charge on any atom is 0.417 e. The fraction of sp³-hybridized carbons (Fsp3) is 0.250. The third-order valence-corrected chi connectivity index (χ3v) is 12.9. The molecule has 1 aliphatic rings. The first-order valence-electron chi connectivity index (χ1n) is 9.70. The van der Waals surface area contributed by atoms with E-state index in [2.05, 4.69) is 4.99 Å². The molecule has 36 heavy (non-hydrogen) atoms. The van der Waals surface area contributed by atoms with Gasteiger partial charge in [0, 0.05) is 18.6 Å². The second kappa shape index (κ2) is 9.74. The summed E-state index contributed by atoms with van der Waals surface area (Å²) in [7, 11) is -8.75. The van der Waals surface area contributed by atoms with Gasteiger partial charge < -0.3 is 0 Å². The van der Waals surface area contributed by atoms with Crippen LogP contribution in [0.5, 0.6) is 0 Å². The van der Waals surface area contributed by atoms with Crippen LogP contribution in [0.3, 0.4) is 0 Å². The number of amidine groups is 1. The highest BCUT2D eigenvalue weighted by Gasteiger charge is 2.50. The van der Waals surface area contributed by atoms with Crippen LogP contribution in [0, 0.1) is 17.1 Å². The number of sulfone groups is 1. The van der Waals surface area contributed by atoms with E-state index < -0.39 is 77.3 Å². The van der Waals surface area contributed by atoms with E-state index in [1.807, 2.05) is 0 Å². The van der Waals surface area contributed by atoms with Gasteiger partial charge >= 0.3 is 6.18 Å². The summed E-state index contributed by atoms with van der Waals surface area (Å²) in [5, 5.41) is 8.50. The van der Waals surface area contributed by atoms with Crippen molar-refractivity contribution in [2.45, 2.75) is 23.5 Å². The molecule has 1 amide bonds. The Bertz CT molecular complexity index is 1500. The molecule has 2 atom stereocenters. The predicted molar refractivity (Wildman–Crippen MR) is 129 cm³/mol. The molecule has 3 rings (SSSR count). The van der Waals surface area contributed by atoms with Gasteiger partial charge in [0.05, 0.1) is 33.5 Å². The quantitative estimate of drug-likeness (QED) is 0.219. The molecule has 0 aromatic heterocycles. The van der Waals surface area contributed by atoms with Gasteiger partial charge in [-0.25, -0.2) is 26.2 Å². The number of halogens is 4. The first kappa shape index (κ1) is 28.0. The number of rotatable bonds is 6. The van der Waals surface area contributed by atoms with E-state index in [0.717, 1.165) is 43.3 Å². The van der Waals surface area contributed by atoms with E-state index in [1.165, 1.54) is 12.7 Å². The highest BCUT2D eigenvalue weighted by Crippen LogP contribution is 2.41. The second-order valence-electron chi connectivity index (χ2n) is 7.60. The molecule has 16 heteroatoms. The van der Waals surface area contributed by atoms with Crippen molar-refractivity contribution in [2.75, 3.05) is 17.3 Å². The Morgan fingerprint density at radius 1 is 1.14 bits per heavy atom. The number of carbonyl (C=O) groups excluding carboxylic acids is 1. The number of hydrogen-bond donors (Lipinski definition) is 0. The summed E-state index contributed by atoms with van der Waals surface area (Å²) in [5.41, 5.74) is -4.66. The topological polar surface area (TPSA) is 125 Å². The van der Waals surface area contributed by atoms with Crippen LogP contribution >= 0.6 is 18.6 Å². The molecule has 0 radical (unpaired) electrons. The van der Waals surface area contributed by atoms with Crippen LogP contribution < -0.4 is 4.90 Å². The van der Waals surface area contributed by atoms with Gasteiger partial charge in [-0.1, -0.05) is 0 Å². The predicted octanol–water partition coefficient (Wildman–Crippen LogP) is 3.94. The molecule has 0 spiro atoms. The van der Waals surface area contributed by atoms with Crippen molar-refractivity contribution in [1.82, 2.24) is 0 Å². The maximum absolute atomic E-state index is 13.5. The smallest absolute Gasteiger partial charge is 0.271 e. The molecule has 1 aliphatic heterocycles. The molecule has 0 N–H and O–H groups in total. The first-order chi connectivity index (χ1) is 16.5. The number of anilines is 1. The minimum atomic E-state index is -4.97. The number of aliphatic imine (C=N–C) groups is 1. The second-order valence-corrected chi connectivity index (χ2v) is 17.0. The standard InChI is InChI=1S/C20H16F4N3O5PS3/c1-19(11-35(29,30)15-7-4-13(21)5-8-15)17(28)27(18(26-19)34-36(31,32)33-2)14-6-3-12(10-25)16(9-14)20(22,23)24/h3-9,33H,11H2,1-2H3/t19-/m1/s1. The molecule has 1 unspecified atom stereocenters. The summed E-state index contributed by atoms with van der Waals surface area (Å²) in [6, 6.07) is 7.45. The van der Waals surface area contributed by atoms with Crippen molar-refractivity contribution in [3.63, 3.8) is 0 Å². The number of benzene rings is 2. The Hall–Kier alpha value is -2.53. The summed E-state index contributed by atoms with van der Waals surface area (Å²) >= 11 is 0. The Labute approximate surface area is 209 Å². The van der Waals surface area contributed by atoms with Crippen LogP contribution in [-0.2, 0) is 29.3 Å². The normalized spacial score (nSPS) is 19.1. The highest BCUT2D eigenvalue weighted by atomic mass is 33.4. The lowest BCUT2D eigenvalue weighted by Crippen LogP contribution is -2.45. The first-order valence-corrected chi connectivity index (χ1v) is 16.4. The lowest BCUT2D eigenvalue weighted by molar-refractivity contribution is -0.137. The SMILES string of the molecule is CPS(=O)(=O)SC1=N[C@](C)(CS(=O)(=O)c2ccc(F)cc2)C(=O)N1c1ccc(C#N)c(C(F)(F)F)c1. The van der Waals surface area contributed by atoms with Crippen molar-refractivity contribution in [2.24, 2.45) is 4.99 Å². The van der Waals surface area contributed by atoms with E-state index in [4.69, 9.17) is 5.26 Å². The number of nitriles is 1. The van der Waals surface area contributed by atoms with E-state index in [9.17, 15) is 39.2 Å². The average molecular weight is 582 g/mol. The van der Waals surface area contributed by atoms with Crippen LogP contribution in [0.4, 0.5) is 23.2 Å². The zero-order valence-electron chi connectivity index (χ0n) is 18.4. The van der Waals surface area contributed by atoms with Gasteiger partial charge in [-0.2, -0.15) is 18.4 Å². The van der Waals surface area contributed by atoms with Gasteiger partial charge in [-0.3, -0.25) is 9.69 Å². The lowest BCUT2D eigenvalue weighted by atomic mass is 10.0. The summed E-state index contributed by atoms with van der Waals surface area (Å²) in [6.45, 7) is 2.43. The van der Waals surface area contributed by atoms with Gasteiger partial charge in [0.2, 0.25) is 8.49 Å². The molecule has 8 nitrogen and oxygen atoms in total. The Morgan fingerprint density at radius 3 is 2.28 bits per heavy atom. The molecule has 2 aromatic rings. The number of alkyl halides is 3. The molecule has 0 saturated heterocycles. The Balaban J connectivity index is 2.14. The van der Waals surface area contributed by atoms with Crippen LogP contribution in [0.2, 0.25) is 0 Å². The molecule has 0 saturated carbocycles. The van der Waals surface area contributed by atoms with Gasteiger partial charge in [0.25, 0.3) is 5.91 Å². The zero-order valence-corrected chi connectivity index (χ0v) is 21.8. The number of carbonyl (C=O) groups is 1. The number of hydrogen-bond acceptors (Lipinski definition) is 8. The van der Waals surface area contributed by atoms with E-state index in [0.29, 0.717) is 11.0 Å². The monoisotopic (exact) mass is 581 g/mol. The molecule has 0 aliphatic carbocycles. The van der Waals surface area contributed by atoms with E-state index in [-0.39, 0.29) is 15.7 Å². The molecular formula is C20H16F4N3O5PS3. The highest BCUT2D eigenvalue weighted by molar-refractivity contribution is 8.95. The van der Waals surface area contributed by atoms with E-state index >= 15 is 0 Å². The zero-order chi connectivity index (χ0) is 27.1. The lowest BCUT2D eigenvalue weighted by Gasteiger charge is -2.23. The Kier molecular flexibility index (Phi) is 7.59. The van der Waals surface area contributed by atoms with Crippen molar-refractivity contribution in [3.8, 4) is 6.07 Å². The maximum atomic E-state index is 13.5. The summed E-state index contributed by atoms with van der Waals surface area (Å²) in [4.78, 5) is 17.7. The van der Waals surface area contributed by atoms with Crippen LogP contribution in [0.1, 0.15) is 18.1 Å². The van der Waals surface area contributed by atoms with Crippen molar-refractivity contribution < 1.29 is 39.2 Å². The van der Waals surface area contributed by atoms with Crippen LogP contribution in [-0.4, -0.2) is 45.9 Å². The Morgan fingerprint density at radius 2 is 1.75 bits per heavy atom. The van der Waals surface area contributed by atoms with Gasteiger partial charge in [0.1, 0.15) is 5.82 Å². The average Bonchev–Trinajstić information content (AvgIpc) is 3.00. The van der Waals surface area contributed by atoms with Gasteiger partial charge in [0.15, 0.2) is 20.5 Å². The molecule has 192 valence electrons. The minimum absolute atomic E-state index is 0.115. The van der Waals surface area contributed by atoms with Crippen LogP contribution in [0.15, 0.2) is 52.4 Å². The minimum Gasteiger partial charge on any atom is -0.271 e. The van der Waals surface area contributed by atoms with Gasteiger partial charge in [-0.05, 0) is 56.1 Å². The van der Waals surface area contributed by atoms with Crippen molar-refractivity contribution in [3.05, 3.63) is 59.4 Å². The third kappa shape index (κ3) is 5.72. The summed E-state index contributed by atoms with van der Waals surface area (Å²) < 4.78 is 104. The number of amides is 1. The van der Waals surface area contributed by atoms with Crippen molar-refractivity contribution in [1.29, 1.82) is 5.26 Å². The summed E-state index contributed by atoms with van der Waals surface area (Å²) in [5.74, 6) is -2.77. The van der Waals surface area contributed by atoms with Gasteiger partial charge in [-0.15, -0.1) is 0 Å². The van der Waals surface area contributed by atoms with E-state index in [1.54, 1.807) is 0 Å².